The predicted molar refractivity (Wildman–Crippen MR) is 116 cm³/mol. The summed E-state index contributed by atoms with van der Waals surface area (Å²) < 4.78 is 0. The van der Waals surface area contributed by atoms with Gasteiger partial charge >= 0.3 is 5.97 Å². The largest absolute Gasteiger partial charge is 0.478 e. The van der Waals surface area contributed by atoms with E-state index >= 15 is 0 Å². The fraction of sp³-hybridized carbons (Fsp3) is 0.0435. The Labute approximate surface area is 172 Å². The first-order chi connectivity index (χ1) is 14.2. The van der Waals surface area contributed by atoms with Crippen molar-refractivity contribution >= 4 is 23.0 Å². The SMILES string of the molecule is CONc1ccccc1-c1ccc(-c2nc(-c3ccccc3)cs2)cc1C(=O)O. The second kappa shape index (κ2) is 8.26. The van der Waals surface area contributed by atoms with E-state index in [-0.39, 0.29) is 5.56 Å². The number of hydrogen-bond acceptors (Lipinski definition) is 5. The molecule has 2 N–H and O–H groups in total. The third-order valence-electron chi connectivity index (χ3n) is 4.50. The lowest BCUT2D eigenvalue weighted by molar-refractivity contribution is 0.0698. The Hall–Kier alpha value is -3.48. The lowest BCUT2D eigenvalue weighted by atomic mass is 9.96. The van der Waals surface area contributed by atoms with Crippen LogP contribution in [0.5, 0.6) is 0 Å². The van der Waals surface area contributed by atoms with Gasteiger partial charge in [-0.1, -0.05) is 60.7 Å². The lowest BCUT2D eigenvalue weighted by Crippen LogP contribution is -2.03. The number of thiazole rings is 1. The number of anilines is 1. The number of nitrogens with one attached hydrogen (secondary N) is 1. The number of aromatic nitrogens is 1. The van der Waals surface area contributed by atoms with E-state index < -0.39 is 5.97 Å². The van der Waals surface area contributed by atoms with E-state index in [1.54, 1.807) is 6.07 Å². The minimum atomic E-state index is -0.992. The van der Waals surface area contributed by atoms with Crippen molar-refractivity contribution in [2.45, 2.75) is 0 Å². The molecule has 0 fully saturated rings. The van der Waals surface area contributed by atoms with Crippen LogP contribution >= 0.6 is 11.3 Å². The monoisotopic (exact) mass is 402 g/mol. The first-order valence-electron chi connectivity index (χ1n) is 8.94. The van der Waals surface area contributed by atoms with Crippen molar-refractivity contribution in [2.75, 3.05) is 12.6 Å². The summed E-state index contributed by atoms with van der Waals surface area (Å²) in [7, 11) is 1.52. The summed E-state index contributed by atoms with van der Waals surface area (Å²) in [6.45, 7) is 0. The van der Waals surface area contributed by atoms with Crippen molar-refractivity contribution in [1.82, 2.24) is 4.98 Å². The molecular weight excluding hydrogens is 384 g/mol. The van der Waals surface area contributed by atoms with E-state index in [0.717, 1.165) is 27.4 Å². The summed E-state index contributed by atoms with van der Waals surface area (Å²) in [6, 6.07) is 22.7. The molecule has 0 radical (unpaired) electrons. The first-order valence-corrected chi connectivity index (χ1v) is 9.82. The Morgan fingerprint density at radius 2 is 1.72 bits per heavy atom. The fourth-order valence-electron chi connectivity index (χ4n) is 3.15. The molecule has 29 heavy (non-hydrogen) atoms. The molecule has 144 valence electrons. The molecule has 4 aromatic rings. The number of hydrogen-bond donors (Lipinski definition) is 2. The van der Waals surface area contributed by atoms with Gasteiger partial charge in [0.2, 0.25) is 0 Å². The van der Waals surface area contributed by atoms with Gasteiger partial charge in [-0.3, -0.25) is 10.3 Å². The van der Waals surface area contributed by atoms with E-state index in [4.69, 9.17) is 9.82 Å². The van der Waals surface area contributed by atoms with Crippen LogP contribution in [0.1, 0.15) is 10.4 Å². The molecule has 0 amide bonds. The summed E-state index contributed by atoms with van der Waals surface area (Å²) in [6.07, 6.45) is 0. The molecule has 0 saturated heterocycles. The molecule has 0 spiro atoms. The van der Waals surface area contributed by atoms with Gasteiger partial charge < -0.3 is 5.11 Å². The summed E-state index contributed by atoms with van der Waals surface area (Å²) >= 11 is 1.49. The summed E-state index contributed by atoms with van der Waals surface area (Å²) in [5.74, 6) is -0.992. The van der Waals surface area contributed by atoms with Crippen LogP contribution in [0.25, 0.3) is 33.0 Å². The van der Waals surface area contributed by atoms with Crippen molar-refractivity contribution in [3.63, 3.8) is 0 Å². The average molecular weight is 402 g/mol. The van der Waals surface area contributed by atoms with Gasteiger partial charge in [0.1, 0.15) is 5.01 Å². The molecule has 1 aromatic heterocycles. The van der Waals surface area contributed by atoms with Gasteiger partial charge in [-0.15, -0.1) is 11.3 Å². The molecule has 0 aliphatic heterocycles. The Balaban J connectivity index is 1.76. The Bertz CT molecular complexity index is 1160. The average Bonchev–Trinajstić information content (AvgIpc) is 3.25. The molecule has 0 bridgehead atoms. The molecule has 6 heteroatoms. The van der Waals surface area contributed by atoms with Crippen molar-refractivity contribution in [3.8, 4) is 33.0 Å². The number of para-hydroxylation sites is 1. The van der Waals surface area contributed by atoms with E-state index in [1.165, 1.54) is 18.4 Å². The molecule has 0 aliphatic carbocycles. The van der Waals surface area contributed by atoms with E-state index in [0.29, 0.717) is 11.3 Å². The Morgan fingerprint density at radius 1 is 0.966 bits per heavy atom. The van der Waals surface area contributed by atoms with Crippen LogP contribution in [0.15, 0.2) is 78.2 Å². The van der Waals surface area contributed by atoms with Crippen molar-refractivity contribution in [3.05, 3.63) is 83.7 Å². The highest BCUT2D eigenvalue weighted by Crippen LogP contribution is 2.35. The van der Waals surface area contributed by atoms with Crippen LogP contribution in [0.3, 0.4) is 0 Å². The number of carboxylic acid groups (broad SMARTS) is 1. The van der Waals surface area contributed by atoms with Gasteiger partial charge in [-0.25, -0.2) is 9.78 Å². The van der Waals surface area contributed by atoms with Crippen molar-refractivity contribution in [1.29, 1.82) is 0 Å². The maximum atomic E-state index is 12.0. The van der Waals surface area contributed by atoms with Crippen LogP contribution in [0.4, 0.5) is 5.69 Å². The van der Waals surface area contributed by atoms with Gasteiger partial charge in [0.25, 0.3) is 0 Å². The molecule has 0 unspecified atom stereocenters. The van der Waals surface area contributed by atoms with Gasteiger partial charge in [0.05, 0.1) is 24.1 Å². The first kappa shape index (κ1) is 18.9. The second-order valence-corrected chi connectivity index (χ2v) is 7.18. The standard InChI is InChI=1S/C23H18N2O3S/c1-28-25-20-10-6-5-9-18(20)17-12-11-16(13-19(17)23(26)27)22-24-21(14-29-22)15-7-3-2-4-8-15/h2-14,25H,1H3,(H,26,27). The smallest absolute Gasteiger partial charge is 0.336 e. The normalized spacial score (nSPS) is 10.7. The number of carboxylic acids is 1. The number of nitrogens with zero attached hydrogens (tertiary/aromatic N) is 1. The topological polar surface area (TPSA) is 71.5 Å². The lowest BCUT2D eigenvalue weighted by Gasteiger charge is -2.13. The molecule has 1 heterocycles. The fourth-order valence-corrected chi connectivity index (χ4v) is 3.98. The summed E-state index contributed by atoms with van der Waals surface area (Å²) in [4.78, 5) is 21.7. The van der Waals surface area contributed by atoms with Crippen LogP contribution < -0.4 is 5.48 Å². The number of rotatable bonds is 6. The highest BCUT2D eigenvalue weighted by molar-refractivity contribution is 7.13. The van der Waals surface area contributed by atoms with E-state index in [1.807, 2.05) is 72.1 Å². The number of benzene rings is 3. The van der Waals surface area contributed by atoms with E-state index in [9.17, 15) is 9.90 Å². The molecule has 4 rings (SSSR count). The molecule has 0 aliphatic rings. The molecule has 5 nitrogen and oxygen atoms in total. The number of aromatic carboxylic acids is 1. The zero-order valence-corrected chi connectivity index (χ0v) is 16.4. The van der Waals surface area contributed by atoms with Gasteiger partial charge in [0, 0.05) is 22.1 Å². The van der Waals surface area contributed by atoms with Crippen molar-refractivity contribution in [2.24, 2.45) is 0 Å². The molecular formula is C23H18N2O3S. The third kappa shape index (κ3) is 3.89. The molecule has 0 atom stereocenters. The van der Waals surface area contributed by atoms with Crippen LogP contribution in [-0.2, 0) is 4.84 Å². The van der Waals surface area contributed by atoms with Crippen LogP contribution in [-0.4, -0.2) is 23.2 Å². The predicted octanol–water partition coefficient (Wildman–Crippen LogP) is 5.82. The Morgan fingerprint density at radius 3 is 2.48 bits per heavy atom. The minimum absolute atomic E-state index is 0.212. The summed E-state index contributed by atoms with van der Waals surface area (Å²) in [5, 5.41) is 12.6. The van der Waals surface area contributed by atoms with Gasteiger partial charge in [-0.05, 0) is 17.7 Å². The van der Waals surface area contributed by atoms with Gasteiger partial charge in [0.15, 0.2) is 0 Å². The van der Waals surface area contributed by atoms with Crippen LogP contribution in [0.2, 0.25) is 0 Å². The highest BCUT2D eigenvalue weighted by atomic mass is 32.1. The van der Waals surface area contributed by atoms with Crippen molar-refractivity contribution < 1.29 is 14.7 Å². The zero-order valence-electron chi connectivity index (χ0n) is 15.6. The quantitative estimate of drug-likeness (QED) is 0.398. The Kier molecular flexibility index (Phi) is 5.37. The third-order valence-corrected chi connectivity index (χ3v) is 5.39. The van der Waals surface area contributed by atoms with E-state index in [2.05, 4.69) is 5.48 Å². The maximum absolute atomic E-state index is 12.0. The number of carbonyl (C=O) groups is 1. The minimum Gasteiger partial charge on any atom is -0.478 e. The maximum Gasteiger partial charge on any atom is 0.336 e. The molecule has 0 saturated carbocycles. The van der Waals surface area contributed by atoms with Crippen LogP contribution in [0, 0.1) is 0 Å². The zero-order chi connectivity index (χ0) is 20.2. The second-order valence-electron chi connectivity index (χ2n) is 6.32. The molecule has 3 aromatic carbocycles. The highest BCUT2D eigenvalue weighted by Gasteiger charge is 2.17. The van der Waals surface area contributed by atoms with Gasteiger partial charge in [-0.2, -0.15) is 0 Å². The summed E-state index contributed by atoms with van der Waals surface area (Å²) in [5.41, 5.74) is 7.76.